The summed E-state index contributed by atoms with van der Waals surface area (Å²) in [6.45, 7) is 14.8. The van der Waals surface area contributed by atoms with Crippen molar-refractivity contribution in [3.63, 3.8) is 0 Å². The second kappa shape index (κ2) is 11.4. The number of carboxylic acids is 1. The number of aliphatic hydroxyl groups excluding tert-OH is 4. The van der Waals surface area contributed by atoms with E-state index in [9.17, 15) is 35.1 Å². The van der Waals surface area contributed by atoms with Gasteiger partial charge >= 0.3 is 5.97 Å². The second-order valence-electron chi connectivity index (χ2n) is 16.5. The Morgan fingerprint density at radius 1 is 0.977 bits per heavy atom. The molecule has 3 saturated carbocycles. The lowest BCUT2D eigenvalue weighted by Gasteiger charge is -2.71. The molecule has 0 spiro atoms. The van der Waals surface area contributed by atoms with Crippen molar-refractivity contribution in [2.75, 3.05) is 6.61 Å². The van der Waals surface area contributed by atoms with Gasteiger partial charge in [0.15, 0.2) is 6.29 Å². The Morgan fingerprint density at radius 2 is 1.66 bits per heavy atom. The van der Waals surface area contributed by atoms with Gasteiger partial charge in [0.25, 0.3) is 0 Å². The van der Waals surface area contributed by atoms with E-state index < -0.39 is 42.1 Å². The summed E-state index contributed by atoms with van der Waals surface area (Å²) in [5, 5.41) is 53.0. The van der Waals surface area contributed by atoms with Gasteiger partial charge in [0, 0.05) is 5.92 Å². The van der Waals surface area contributed by atoms with Gasteiger partial charge in [-0.3, -0.25) is 9.59 Å². The summed E-state index contributed by atoms with van der Waals surface area (Å²) < 4.78 is 12.0. The van der Waals surface area contributed by atoms with Crippen LogP contribution >= 0.6 is 0 Å². The van der Waals surface area contributed by atoms with Crippen LogP contribution < -0.4 is 0 Å². The van der Waals surface area contributed by atoms with Crippen molar-refractivity contribution in [1.29, 1.82) is 0 Å². The van der Waals surface area contributed by atoms with Gasteiger partial charge in [-0.1, -0.05) is 47.6 Å². The number of fused-ring (bicyclic) bond motifs is 5. The summed E-state index contributed by atoms with van der Waals surface area (Å²) in [4.78, 5) is 24.7. The van der Waals surface area contributed by atoms with Crippen LogP contribution in [0.4, 0.5) is 0 Å². The fourth-order valence-electron chi connectivity index (χ4n) is 10.7. The summed E-state index contributed by atoms with van der Waals surface area (Å²) in [5.74, 6) is -0.502. The molecule has 44 heavy (non-hydrogen) atoms. The van der Waals surface area contributed by atoms with Gasteiger partial charge < -0.3 is 35.0 Å². The molecule has 5 rings (SSSR count). The van der Waals surface area contributed by atoms with E-state index in [0.29, 0.717) is 32.1 Å². The molecule has 5 N–H and O–H groups in total. The summed E-state index contributed by atoms with van der Waals surface area (Å²) in [6.07, 6.45) is 2.36. The molecule has 250 valence electrons. The Kier molecular flexibility index (Phi) is 8.81. The number of ketones is 1. The minimum absolute atomic E-state index is 0.0683. The molecule has 1 saturated heterocycles. The molecule has 4 aliphatic carbocycles. The maximum absolute atomic E-state index is 12.8. The van der Waals surface area contributed by atoms with Crippen LogP contribution in [-0.4, -0.2) is 80.7 Å². The number of Topliss-reactive ketones (excluding diaryl/α,β-unsaturated/α-hetero) is 1. The Morgan fingerprint density at radius 3 is 2.30 bits per heavy atom. The Balaban J connectivity index is 1.42. The fourth-order valence-corrected chi connectivity index (χ4v) is 10.7. The molecule has 0 aromatic rings. The highest BCUT2D eigenvalue weighted by molar-refractivity contribution is 5.79. The lowest BCUT2D eigenvalue weighted by atomic mass is 9.34. The third kappa shape index (κ3) is 5.03. The van der Waals surface area contributed by atoms with Gasteiger partial charge in [0.05, 0.1) is 24.2 Å². The Bertz CT molecular complexity index is 1170. The van der Waals surface area contributed by atoms with Crippen LogP contribution in [0.25, 0.3) is 0 Å². The third-order valence-corrected chi connectivity index (χ3v) is 14.1. The number of aliphatic carboxylic acids is 1. The number of carbonyl (C=O) groups is 2. The SMILES string of the molecule is CC(=O)[C@H](C)CC[C@@]1(C(=O)O)C=C2[C@H](O)C[C@@H]3[C@@]4(C)CC[C@H](O[C@@H]5OC[C@H](O)[C@H](O)[C@H]5O)C(C)(C)[C@@H]4CC[C@@]3(C)[C@]2(C)CC1. The predicted molar refractivity (Wildman–Crippen MR) is 163 cm³/mol. The number of aliphatic hydroxyl groups is 4. The van der Waals surface area contributed by atoms with Gasteiger partial charge in [-0.05, 0) is 104 Å². The number of carboxylic acid groups (broad SMARTS) is 1. The molecule has 9 nitrogen and oxygen atoms in total. The van der Waals surface area contributed by atoms with Gasteiger partial charge in [-0.15, -0.1) is 0 Å². The maximum atomic E-state index is 12.8. The quantitative estimate of drug-likeness (QED) is 0.208. The number of ether oxygens (including phenoxy) is 2. The molecular weight excluding hydrogens is 564 g/mol. The first-order chi connectivity index (χ1) is 20.3. The van der Waals surface area contributed by atoms with Crippen molar-refractivity contribution >= 4 is 11.8 Å². The van der Waals surface area contributed by atoms with Crippen molar-refractivity contribution in [1.82, 2.24) is 0 Å². The smallest absolute Gasteiger partial charge is 0.313 e. The summed E-state index contributed by atoms with van der Waals surface area (Å²) in [5.41, 5.74) is -1.04. The molecular formula is C35H56O9. The highest BCUT2D eigenvalue weighted by Gasteiger charge is 2.68. The third-order valence-electron chi connectivity index (χ3n) is 14.1. The lowest BCUT2D eigenvalue weighted by Crippen LogP contribution is -2.66. The van der Waals surface area contributed by atoms with E-state index in [2.05, 4.69) is 34.6 Å². The number of rotatable bonds is 7. The molecule has 0 aromatic carbocycles. The Labute approximate surface area is 262 Å². The van der Waals surface area contributed by atoms with E-state index in [4.69, 9.17) is 9.47 Å². The van der Waals surface area contributed by atoms with Gasteiger partial charge in [0.2, 0.25) is 0 Å². The zero-order valence-corrected chi connectivity index (χ0v) is 27.7. The summed E-state index contributed by atoms with van der Waals surface area (Å²) in [6, 6.07) is 0. The van der Waals surface area contributed by atoms with Crippen molar-refractivity contribution in [3.8, 4) is 0 Å². The van der Waals surface area contributed by atoms with Crippen LogP contribution in [-0.2, 0) is 19.1 Å². The molecule has 9 heteroatoms. The summed E-state index contributed by atoms with van der Waals surface area (Å²) >= 11 is 0. The van der Waals surface area contributed by atoms with Crippen LogP contribution in [0.3, 0.4) is 0 Å². The maximum Gasteiger partial charge on any atom is 0.313 e. The molecule has 0 bridgehead atoms. The fraction of sp³-hybridized carbons (Fsp3) is 0.886. The minimum atomic E-state index is -1.33. The van der Waals surface area contributed by atoms with E-state index in [-0.39, 0.29) is 57.9 Å². The van der Waals surface area contributed by atoms with Crippen molar-refractivity contribution in [2.45, 2.75) is 143 Å². The monoisotopic (exact) mass is 620 g/mol. The van der Waals surface area contributed by atoms with Crippen LogP contribution in [0.1, 0.15) is 106 Å². The lowest BCUT2D eigenvalue weighted by molar-refractivity contribution is -0.309. The zero-order valence-electron chi connectivity index (χ0n) is 27.7. The van der Waals surface area contributed by atoms with Crippen LogP contribution in [0, 0.1) is 44.8 Å². The largest absolute Gasteiger partial charge is 0.481 e. The number of carbonyl (C=O) groups excluding carboxylic acids is 1. The average molecular weight is 621 g/mol. The van der Waals surface area contributed by atoms with Crippen molar-refractivity contribution < 1.29 is 44.6 Å². The molecule has 0 aromatic heterocycles. The van der Waals surface area contributed by atoms with Crippen molar-refractivity contribution in [2.24, 2.45) is 44.8 Å². The van der Waals surface area contributed by atoms with Gasteiger partial charge in [0.1, 0.15) is 24.1 Å². The van der Waals surface area contributed by atoms with Crippen LogP contribution in [0.15, 0.2) is 11.6 Å². The molecule has 1 aliphatic heterocycles. The molecule has 5 aliphatic rings. The van der Waals surface area contributed by atoms with Gasteiger partial charge in [-0.25, -0.2) is 0 Å². The molecule has 1 heterocycles. The highest BCUT2D eigenvalue weighted by Crippen LogP contribution is 2.74. The second-order valence-corrected chi connectivity index (χ2v) is 16.5. The standard InChI is InChI=1S/C35H56O9/c1-19(20(2)36)8-13-35(30(41)42)15-14-33(6)21(17-35)22(37)16-25-32(5)11-10-26(31(3,4)24(32)9-12-34(25,33)7)44-29-28(40)27(39)23(38)18-43-29/h17,19,22-29,37-40H,8-16,18H2,1-7H3,(H,41,42)/t19-,22-,23+,24+,25-,26+,27+,28-,29+,32+,33-,34-,35+/m1/s1. The molecule has 0 amide bonds. The average Bonchev–Trinajstić information content (AvgIpc) is 2.95. The normalized spacial score (nSPS) is 49.1. The molecule has 0 unspecified atom stereocenters. The number of hydrogen-bond donors (Lipinski definition) is 5. The first kappa shape index (κ1) is 34.0. The highest BCUT2D eigenvalue weighted by atomic mass is 16.7. The van der Waals surface area contributed by atoms with Crippen molar-refractivity contribution in [3.05, 3.63) is 11.6 Å². The van der Waals surface area contributed by atoms with Crippen LogP contribution in [0.5, 0.6) is 0 Å². The van der Waals surface area contributed by atoms with E-state index in [1.54, 1.807) is 6.92 Å². The van der Waals surface area contributed by atoms with E-state index in [0.717, 1.165) is 31.3 Å². The molecule has 13 atom stereocenters. The summed E-state index contributed by atoms with van der Waals surface area (Å²) in [7, 11) is 0. The van der Waals surface area contributed by atoms with Gasteiger partial charge in [-0.2, -0.15) is 0 Å². The first-order valence-corrected chi connectivity index (χ1v) is 16.8. The van der Waals surface area contributed by atoms with E-state index in [1.165, 1.54) is 0 Å². The molecule has 4 fully saturated rings. The Hall–Kier alpha value is -1.36. The van der Waals surface area contributed by atoms with E-state index in [1.807, 2.05) is 13.0 Å². The van der Waals surface area contributed by atoms with E-state index >= 15 is 0 Å². The predicted octanol–water partition coefficient (Wildman–Crippen LogP) is 4.24. The number of hydrogen-bond acceptors (Lipinski definition) is 8. The molecule has 0 radical (unpaired) electrons. The zero-order chi connectivity index (χ0) is 32.6. The topological polar surface area (TPSA) is 154 Å². The van der Waals surface area contributed by atoms with Crippen LogP contribution in [0.2, 0.25) is 0 Å². The minimum Gasteiger partial charge on any atom is -0.481 e. The first-order valence-electron chi connectivity index (χ1n) is 16.8.